The molecule has 1 aliphatic rings. The Morgan fingerprint density at radius 1 is 1.00 bits per heavy atom. The van der Waals surface area contributed by atoms with Gasteiger partial charge in [0.25, 0.3) is 5.91 Å². The highest BCUT2D eigenvalue weighted by atomic mass is 35.5. The largest absolute Gasteiger partial charge is 0.467 e. The van der Waals surface area contributed by atoms with Gasteiger partial charge in [-0.2, -0.15) is 9.97 Å². The number of ether oxygens (including phenoxy) is 2. The van der Waals surface area contributed by atoms with Crippen LogP contribution in [0.4, 0.5) is 5.82 Å². The number of imidazole rings is 1. The molecule has 1 saturated heterocycles. The predicted molar refractivity (Wildman–Crippen MR) is 174 cm³/mol. The lowest BCUT2D eigenvalue weighted by atomic mass is 9.94. The van der Waals surface area contributed by atoms with E-state index in [1.54, 1.807) is 20.5 Å². The van der Waals surface area contributed by atoms with E-state index in [0.717, 1.165) is 67.2 Å². The summed E-state index contributed by atoms with van der Waals surface area (Å²) in [6.45, 7) is 9.11. The van der Waals surface area contributed by atoms with Crippen LogP contribution >= 0.6 is 23.2 Å². The van der Waals surface area contributed by atoms with Crippen LogP contribution in [-0.2, 0) is 11.5 Å². The molecule has 1 aliphatic heterocycles. The maximum Gasteiger partial charge on any atom is 0.320 e. The second kappa shape index (κ2) is 14.1. The Labute approximate surface area is 268 Å². The SMILES string of the molecule is COCn1cnc2nc(OC)nc(N3CCN(CC[C@H](CN(C)C(=O)c4cc(C)cc(C)c4)c4ccc(Cl)c(Cl)c4)CC3)c21. The molecule has 1 amide bonds. The van der Waals surface area contributed by atoms with Crippen LogP contribution in [0.3, 0.4) is 0 Å². The molecule has 0 N–H and O–H groups in total. The molecule has 0 saturated carbocycles. The van der Waals surface area contributed by atoms with Crippen molar-refractivity contribution in [2.45, 2.75) is 32.9 Å². The molecule has 0 unspecified atom stereocenters. The number of aromatic nitrogens is 4. The van der Waals surface area contributed by atoms with Gasteiger partial charge in [-0.1, -0.05) is 46.5 Å². The maximum absolute atomic E-state index is 13.4. The molecule has 10 nitrogen and oxygen atoms in total. The summed E-state index contributed by atoms with van der Waals surface area (Å²) in [5, 5.41) is 1.04. The number of nitrogens with zero attached hydrogens (tertiary/aromatic N) is 7. The number of methoxy groups -OCH3 is 2. The molecule has 2 aromatic carbocycles. The summed E-state index contributed by atoms with van der Waals surface area (Å²) in [6, 6.07) is 12.0. The maximum atomic E-state index is 13.4. The molecule has 0 bridgehead atoms. The summed E-state index contributed by atoms with van der Waals surface area (Å²) in [5.74, 6) is 0.882. The van der Waals surface area contributed by atoms with Crippen LogP contribution in [0.1, 0.15) is 39.4 Å². The minimum Gasteiger partial charge on any atom is -0.467 e. The number of benzene rings is 2. The molecule has 5 rings (SSSR count). The number of anilines is 1. The molecule has 0 spiro atoms. The molecule has 4 aromatic rings. The Morgan fingerprint density at radius 2 is 1.73 bits per heavy atom. The third-order valence-corrected chi connectivity index (χ3v) is 8.81. The van der Waals surface area contributed by atoms with Crippen molar-refractivity contribution < 1.29 is 14.3 Å². The van der Waals surface area contributed by atoms with Crippen LogP contribution in [0.2, 0.25) is 10.0 Å². The molecule has 3 heterocycles. The predicted octanol–water partition coefficient (Wildman–Crippen LogP) is 5.43. The number of halogens is 2. The van der Waals surface area contributed by atoms with E-state index < -0.39 is 0 Å². The van der Waals surface area contributed by atoms with Crippen molar-refractivity contribution in [3.8, 4) is 6.01 Å². The normalized spacial score (nSPS) is 14.7. The van der Waals surface area contributed by atoms with Gasteiger partial charge in [-0.05, 0) is 56.6 Å². The van der Waals surface area contributed by atoms with E-state index in [2.05, 4.69) is 25.8 Å². The number of carbonyl (C=O) groups excluding carboxylic acids is 1. The highest BCUT2D eigenvalue weighted by Gasteiger charge is 2.26. The number of fused-ring (bicyclic) bond motifs is 1. The Balaban J connectivity index is 1.28. The van der Waals surface area contributed by atoms with E-state index in [1.165, 1.54) is 0 Å². The number of likely N-dealkylation sites (N-methyl/N-ethyl adjacent to an activating group) is 1. The number of aryl methyl sites for hydroxylation is 2. The van der Waals surface area contributed by atoms with E-state index in [1.807, 2.05) is 60.7 Å². The first kappa shape index (κ1) is 32.0. The monoisotopic (exact) mass is 639 g/mol. The Hall–Kier alpha value is -3.44. The van der Waals surface area contributed by atoms with Crippen molar-refractivity contribution in [3.05, 3.63) is 75.0 Å². The van der Waals surface area contributed by atoms with Gasteiger partial charge in [0, 0.05) is 58.4 Å². The lowest BCUT2D eigenvalue weighted by molar-refractivity contribution is 0.0782. The van der Waals surface area contributed by atoms with Crippen LogP contribution in [0.5, 0.6) is 6.01 Å². The Kier molecular flexibility index (Phi) is 10.3. The second-order valence-electron chi connectivity index (χ2n) is 11.4. The zero-order valence-corrected chi connectivity index (χ0v) is 27.4. The zero-order valence-electron chi connectivity index (χ0n) is 25.9. The average molecular weight is 641 g/mol. The van der Waals surface area contributed by atoms with Gasteiger partial charge >= 0.3 is 6.01 Å². The first-order valence-electron chi connectivity index (χ1n) is 14.7. The molecule has 2 aromatic heterocycles. The van der Waals surface area contributed by atoms with E-state index in [9.17, 15) is 4.79 Å². The molecular formula is C32H39Cl2N7O3. The van der Waals surface area contributed by atoms with Gasteiger partial charge in [-0.3, -0.25) is 9.69 Å². The zero-order chi connectivity index (χ0) is 31.4. The number of carbonyl (C=O) groups is 1. The fourth-order valence-corrected chi connectivity index (χ4v) is 6.18. The number of amides is 1. The van der Waals surface area contributed by atoms with Gasteiger partial charge in [-0.25, -0.2) is 4.98 Å². The third-order valence-electron chi connectivity index (χ3n) is 8.07. The Bertz CT molecular complexity index is 1600. The first-order valence-corrected chi connectivity index (χ1v) is 15.4. The molecule has 0 aliphatic carbocycles. The molecule has 234 valence electrons. The lowest BCUT2D eigenvalue weighted by Crippen LogP contribution is -2.47. The van der Waals surface area contributed by atoms with E-state index in [-0.39, 0.29) is 11.8 Å². The van der Waals surface area contributed by atoms with Crippen LogP contribution in [0, 0.1) is 13.8 Å². The highest BCUT2D eigenvalue weighted by molar-refractivity contribution is 6.42. The van der Waals surface area contributed by atoms with Crippen molar-refractivity contribution in [3.63, 3.8) is 0 Å². The van der Waals surface area contributed by atoms with E-state index in [0.29, 0.717) is 40.5 Å². The molecule has 0 radical (unpaired) electrons. The number of piperazine rings is 1. The van der Waals surface area contributed by atoms with Crippen molar-refractivity contribution in [2.24, 2.45) is 0 Å². The van der Waals surface area contributed by atoms with Crippen LogP contribution in [0.15, 0.2) is 42.7 Å². The number of hydrogen-bond acceptors (Lipinski definition) is 8. The van der Waals surface area contributed by atoms with Gasteiger partial charge < -0.3 is 23.8 Å². The van der Waals surface area contributed by atoms with Crippen LogP contribution in [0.25, 0.3) is 11.2 Å². The van der Waals surface area contributed by atoms with Gasteiger partial charge in [0.1, 0.15) is 12.2 Å². The smallest absolute Gasteiger partial charge is 0.320 e. The Morgan fingerprint density at radius 3 is 2.39 bits per heavy atom. The highest BCUT2D eigenvalue weighted by Crippen LogP contribution is 2.30. The summed E-state index contributed by atoms with van der Waals surface area (Å²) >= 11 is 12.7. The van der Waals surface area contributed by atoms with Gasteiger partial charge in [0.05, 0.1) is 23.5 Å². The fraction of sp³-hybridized carbons (Fsp3) is 0.438. The second-order valence-corrected chi connectivity index (χ2v) is 12.2. The fourth-order valence-electron chi connectivity index (χ4n) is 5.87. The topological polar surface area (TPSA) is 88.8 Å². The third kappa shape index (κ3) is 7.26. The molecule has 1 fully saturated rings. The minimum atomic E-state index is 0.00906. The summed E-state index contributed by atoms with van der Waals surface area (Å²) < 4.78 is 12.6. The average Bonchev–Trinajstić information content (AvgIpc) is 3.42. The number of rotatable bonds is 11. The van der Waals surface area contributed by atoms with Gasteiger partial charge in [-0.15, -0.1) is 0 Å². The van der Waals surface area contributed by atoms with E-state index >= 15 is 0 Å². The van der Waals surface area contributed by atoms with Gasteiger partial charge in [0.15, 0.2) is 11.5 Å². The van der Waals surface area contributed by atoms with Crippen LogP contribution < -0.4 is 9.64 Å². The van der Waals surface area contributed by atoms with Gasteiger partial charge in [0.2, 0.25) is 0 Å². The summed E-state index contributed by atoms with van der Waals surface area (Å²) in [5.41, 5.74) is 5.33. The minimum absolute atomic E-state index is 0.00906. The van der Waals surface area contributed by atoms with Crippen molar-refractivity contribution in [2.75, 3.05) is 65.4 Å². The lowest BCUT2D eigenvalue weighted by Gasteiger charge is -2.36. The summed E-state index contributed by atoms with van der Waals surface area (Å²) in [6.07, 6.45) is 2.57. The van der Waals surface area contributed by atoms with Crippen molar-refractivity contribution >= 4 is 46.1 Å². The molecule has 1 atom stereocenters. The van der Waals surface area contributed by atoms with Crippen molar-refractivity contribution in [1.82, 2.24) is 29.3 Å². The molecular weight excluding hydrogens is 601 g/mol. The first-order chi connectivity index (χ1) is 21.2. The molecule has 12 heteroatoms. The standard InChI is InChI=1S/C32H39Cl2N7O3/c1-21-14-22(2)16-25(15-21)31(42)38(3)18-24(23-6-7-26(33)27(34)17-23)8-9-39-10-12-40(13-11-39)30-28-29(36-32(37-30)44-5)35-19-41(28)20-43-4/h6-7,14-17,19,24H,8-13,18,20H2,1-5H3/t24-/m1/s1. The van der Waals surface area contributed by atoms with E-state index in [4.69, 9.17) is 37.7 Å². The van der Waals surface area contributed by atoms with Crippen LogP contribution in [-0.4, -0.2) is 95.8 Å². The summed E-state index contributed by atoms with van der Waals surface area (Å²) in [4.78, 5) is 33.5. The number of hydrogen-bond donors (Lipinski definition) is 0. The summed E-state index contributed by atoms with van der Waals surface area (Å²) in [7, 11) is 5.08. The molecule has 44 heavy (non-hydrogen) atoms. The van der Waals surface area contributed by atoms with Crippen molar-refractivity contribution in [1.29, 1.82) is 0 Å². The quantitative estimate of drug-likeness (QED) is 0.215.